The molecule has 1 aliphatic heterocycles. The Bertz CT molecular complexity index is 127. The van der Waals surface area contributed by atoms with Crippen molar-refractivity contribution in [2.75, 3.05) is 0 Å². The van der Waals surface area contributed by atoms with Gasteiger partial charge in [0, 0.05) is 11.6 Å². The topological polar surface area (TPSA) is 12.0 Å². The van der Waals surface area contributed by atoms with E-state index in [2.05, 4.69) is 12.2 Å². The summed E-state index contributed by atoms with van der Waals surface area (Å²) in [5, 5.41) is 3.75. The van der Waals surface area contributed by atoms with Gasteiger partial charge in [0.25, 0.3) is 0 Å². The number of piperidine rings is 1. The molecule has 1 saturated heterocycles. The second-order valence-electron chi connectivity index (χ2n) is 3.92. The summed E-state index contributed by atoms with van der Waals surface area (Å²) in [6.45, 7) is 2.29. The van der Waals surface area contributed by atoms with Crippen LogP contribution in [0.4, 0.5) is 0 Å². The third-order valence-corrected chi connectivity index (χ3v) is 3.06. The summed E-state index contributed by atoms with van der Waals surface area (Å²) in [4.78, 5) is 0. The summed E-state index contributed by atoms with van der Waals surface area (Å²) < 4.78 is 0. The van der Waals surface area contributed by atoms with E-state index in [1.807, 2.05) is 0 Å². The number of nitrogens with one attached hydrogen (secondary N) is 1. The van der Waals surface area contributed by atoms with Gasteiger partial charge >= 0.3 is 0 Å². The molecule has 1 spiro atoms. The van der Waals surface area contributed by atoms with Gasteiger partial charge in [-0.25, -0.2) is 0 Å². The van der Waals surface area contributed by atoms with Crippen LogP contribution in [0.1, 0.15) is 45.4 Å². The Labute approximate surface area is 63.2 Å². The van der Waals surface area contributed by atoms with E-state index in [1.54, 1.807) is 0 Å². The third kappa shape index (κ3) is 1.07. The normalized spacial score (nSPS) is 36.3. The van der Waals surface area contributed by atoms with Gasteiger partial charge in [-0.05, 0) is 32.1 Å². The predicted molar refractivity (Wildman–Crippen MR) is 43.0 cm³/mol. The SMILES string of the molecule is CCC1CCCC2(CC2)N1. The van der Waals surface area contributed by atoms with Crippen LogP contribution in [-0.2, 0) is 0 Å². The first-order valence-electron chi connectivity index (χ1n) is 4.62. The summed E-state index contributed by atoms with van der Waals surface area (Å²) in [6.07, 6.45) is 8.54. The number of hydrogen-bond acceptors (Lipinski definition) is 1. The van der Waals surface area contributed by atoms with Gasteiger partial charge in [0.2, 0.25) is 0 Å². The zero-order valence-corrected chi connectivity index (χ0v) is 6.82. The fourth-order valence-corrected chi connectivity index (χ4v) is 2.12. The molecule has 0 bridgehead atoms. The highest BCUT2D eigenvalue weighted by Gasteiger charge is 2.44. The Balaban J connectivity index is 1.91. The van der Waals surface area contributed by atoms with E-state index in [0.717, 1.165) is 6.04 Å². The molecule has 1 saturated carbocycles. The van der Waals surface area contributed by atoms with Gasteiger partial charge in [-0.2, -0.15) is 0 Å². The molecule has 0 amide bonds. The van der Waals surface area contributed by atoms with Crippen molar-refractivity contribution in [2.24, 2.45) is 0 Å². The highest BCUT2D eigenvalue weighted by molar-refractivity contribution is 5.05. The summed E-state index contributed by atoms with van der Waals surface area (Å²) in [6, 6.07) is 0.844. The van der Waals surface area contributed by atoms with Crippen LogP contribution in [0.3, 0.4) is 0 Å². The molecule has 0 aromatic heterocycles. The van der Waals surface area contributed by atoms with Crippen LogP contribution < -0.4 is 5.32 Å². The Kier molecular flexibility index (Phi) is 1.48. The molecular weight excluding hydrogens is 122 g/mol. The fraction of sp³-hybridized carbons (Fsp3) is 1.00. The summed E-state index contributed by atoms with van der Waals surface area (Å²) in [7, 11) is 0. The highest BCUT2D eigenvalue weighted by Crippen LogP contribution is 2.43. The van der Waals surface area contributed by atoms with E-state index in [1.165, 1.54) is 38.5 Å². The number of hydrogen-bond donors (Lipinski definition) is 1. The lowest BCUT2D eigenvalue weighted by atomic mass is 9.95. The van der Waals surface area contributed by atoms with Crippen LogP contribution in [0, 0.1) is 0 Å². The molecule has 2 rings (SSSR count). The quantitative estimate of drug-likeness (QED) is 0.586. The molecule has 2 fully saturated rings. The van der Waals surface area contributed by atoms with Crippen molar-refractivity contribution in [3.63, 3.8) is 0 Å². The average Bonchev–Trinajstić information content (AvgIpc) is 2.70. The van der Waals surface area contributed by atoms with Gasteiger partial charge in [0.15, 0.2) is 0 Å². The lowest BCUT2D eigenvalue weighted by Gasteiger charge is -2.30. The van der Waals surface area contributed by atoms with Crippen molar-refractivity contribution < 1.29 is 0 Å². The Hall–Kier alpha value is -0.0400. The minimum atomic E-state index is 0.652. The molecule has 1 heterocycles. The van der Waals surface area contributed by atoms with E-state index in [9.17, 15) is 0 Å². The smallest absolute Gasteiger partial charge is 0.0185 e. The summed E-state index contributed by atoms with van der Waals surface area (Å²) in [5.74, 6) is 0. The monoisotopic (exact) mass is 139 g/mol. The maximum absolute atomic E-state index is 3.75. The van der Waals surface area contributed by atoms with Crippen LogP contribution in [-0.4, -0.2) is 11.6 Å². The minimum absolute atomic E-state index is 0.652. The molecule has 0 aromatic carbocycles. The fourth-order valence-electron chi connectivity index (χ4n) is 2.12. The van der Waals surface area contributed by atoms with Crippen LogP contribution in [0.25, 0.3) is 0 Å². The lowest BCUT2D eigenvalue weighted by Crippen LogP contribution is -2.43. The molecule has 0 radical (unpaired) electrons. The van der Waals surface area contributed by atoms with Crippen LogP contribution in [0.15, 0.2) is 0 Å². The largest absolute Gasteiger partial charge is 0.309 e. The van der Waals surface area contributed by atoms with E-state index in [-0.39, 0.29) is 0 Å². The molecule has 1 unspecified atom stereocenters. The molecule has 1 N–H and O–H groups in total. The molecule has 0 aromatic rings. The third-order valence-electron chi connectivity index (χ3n) is 3.06. The Morgan fingerprint density at radius 1 is 1.40 bits per heavy atom. The standard InChI is InChI=1S/C9H17N/c1-2-8-4-3-5-9(10-8)6-7-9/h8,10H,2-7H2,1H3. The maximum Gasteiger partial charge on any atom is 0.0185 e. The van der Waals surface area contributed by atoms with Crippen molar-refractivity contribution in [2.45, 2.75) is 57.0 Å². The van der Waals surface area contributed by atoms with Gasteiger partial charge < -0.3 is 5.32 Å². The second kappa shape index (κ2) is 2.23. The molecule has 1 atom stereocenters. The average molecular weight is 139 g/mol. The Morgan fingerprint density at radius 2 is 2.20 bits per heavy atom. The molecule has 58 valence electrons. The van der Waals surface area contributed by atoms with Crippen molar-refractivity contribution in [1.82, 2.24) is 5.32 Å². The minimum Gasteiger partial charge on any atom is -0.309 e. The lowest BCUT2D eigenvalue weighted by molar-refractivity contribution is 0.299. The van der Waals surface area contributed by atoms with Gasteiger partial charge in [0.1, 0.15) is 0 Å². The zero-order chi connectivity index (χ0) is 7.03. The van der Waals surface area contributed by atoms with Gasteiger partial charge in [-0.3, -0.25) is 0 Å². The van der Waals surface area contributed by atoms with E-state index < -0.39 is 0 Å². The zero-order valence-electron chi connectivity index (χ0n) is 6.82. The van der Waals surface area contributed by atoms with E-state index in [4.69, 9.17) is 0 Å². The van der Waals surface area contributed by atoms with Crippen LogP contribution >= 0.6 is 0 Å². The second-order valence-corrected chi connectivity index (χ2v) is 3.92. The summed E-state index contributed by atoms with van der Waals surface area (Å²) in [5.41, 5.74) is 0.652. The van der Waals surface area contributed by atoms with Crippen molar-refractivity contribution in [3.05, 3.63) is 0 Å². The van der Waals surface area contributed by atoms with E-state index >= 15 is 0 Å². The van der Waals surface area contributed by atoms with Crippen LogP contribution in [0.5, 0.6) is 0 Å². The van der Waals surface area contributed by atoms with Gasteiger partial charge in [-0.1, -0.05) is 13.3 Å². The highest BCUT2D eigenvalue weighted by atomic mass is 15.1. The van der Waals surface area contributed by atoms with Gasteiger partial charge in [0.05, 0.1) is 0 Å². The maximum atomic E-state index is 3.75. The summed E-state index contributed by atoms with van der Waals surface area (Å²) >= 11 is 0. The van der Waals surface area contributed by atoms with E-state index in [0.29, 0.717) is 5.54 Å². The first-order chi connectivity index (χ1) is 4.85. The van der Waals surface area contributed by atoms with Crippen molar-refractivity contribution in [3.8, 4) is 0 Å². The molecular formula is C9H17N. The molecule has 2 aliphatic rings. The molecule has 10 heavy (non-hydrogen) atoms. The predicted octanol–water partition coefficient (Wildman–Crippen LogP) is 2.07. The number of rotatable bonds is 1. The van der Waals surface area contributed by atoms with Crippen molar-refractivity contribution in [1.29, 1.82) is 0 Å². The molecule has 1 heteroatoms. The molecule has 1 nitrogen and oxygen atoms in total. The molecule has 1 aliphatic carbocycles. The first kappa shape index (κ1) is 6.66. The Morgan fingerprint density at radius 3 is 2.80 bits per heavy atom. The first-order valence-corrected chi connectivity index (χ1v) is 4.62. The van der Waals surface area contributed by atoms with Crippen LogP contribution in [0.2, 0.25) is 0 Å². The van der Waals surface area contributed by atoms with Crippen molar-refractivity contribution >= 4 is 0 Å². The van der Waals surface area contributed by atoms with Gasteiger partial charge in [-0.15, -0.1) is 0 Å².